The Labute approximate surface area is 217 Å². The fraction of sp³-hybridized carbons (Fsp3) is 0.333. The molecule has 1 aromatic heterocycles. The smallest absolute Gasteiger partial charge is 0.305 e. The van der Waals surface area contributed by atoms with Gasteiger partial charge >= 0.3 is 5.97 Å². The molecule has 4 rings (SSSR count). The number of fused-ring (bicyclic) bond motifs is 1. The molecule has 0 bridgehead atoms. The highest BCUT2D eigenvalue weighted by Crippen LogP contribution is 2.24. The predicted molar refractivity (Wildman–Crippen MR) is 141 cm³/mol. The van der Waals surface area contributed by atoms with E-state index in [2.05, 4.69) is 27.8 Å². The molecular formula is C27H30ClN3O4S. The third-order valence-corrected chi connectivity index (χ3v) is 8.04. The number of pyridine rings is 1. The molecule has 1 aliphatic heterocycles. The van der Waals surface area contributed by atoms with E-state index >= 15 is 0 Å². The number of carbonyl (C=O) groups excluding carboxylic acids is 1. The summed E-state index contributed by atoms with van der Waals surface area (Å²) in [5.41, 5.74) is 1.86. The van der Waals surface area contributed by atoms with Gasteiger partial charge < -0.3 is 4.74 Å². The van der Waals surface area contributed by atoms with Crippen molar-refractivity contribution >= 4 is 38.5 Å². The zero-order chi connectivity index (χ0) is 25.5. The molecule has 2 atom stereocenters. The molecule has 1 saturated heterocycles. The minimum atomic E-state index is -3.68. The van der Waals surface area contributed by atoms with E-state index in [1.807, 2.05) is 30.3 Å². The fourth-order valence-electron chi connectivity index (χ4n) is 4.43. The average Bonchev–Trinajstić information content (AvgIpc) is 3.23. The number of benzene rings is 2. The molecule has 1 aliphatic rings. The van der Waals surface area contributed by atoms with Gasteiger partial charge in [0.15, 0.2) is 0 Å². The van der Waals surface area contributed by atoms with Crippen molar-refractivity contribution in [2.24, 2.45) is 0 Å². The van der Waals surface area contributed by atoms with Gasteiger partial charge in [-0.25, -0.2) is 13.1 Å². The molecule has 7 nitrogen and oxygen atoms in total. The Morgan fingerprint density at radius 2 is 1.94 bits per heavy atom. The number of allylic oxidation sites excluding steroid dienone is 1. The molecule has 2 aromatic carbocycles. The number of sulfonamides is 1. The van der Waals surface area contributed by atoms with Gasteiger partial charge in [-0.05, 0) is 55.7 Å². The molecule has 0 unspecified atom stereocenters. The van der Waals surface area contributed by atoms with Gasteiger partial charge in [-0.1, -0.05) is 48.0 Å². The number of aromatic nitrogens is 1. The van der Waals surface area contributed by atoms with Crippen LogP contribution in [-0.4, -0.2) is 50.0 Å². The van der Waals surface area contributed by atoms with E-state index in [1.54, 1.807) is 12.1 Å². The lowest BCUT2D eigenvalue weighted by atomic mass is 10.1. The molecular weight excluding hydrogens is 498 g/mol. The Hall–Kier alpha value is -2.78. The normalized spacial score (nSPS) is 18.7. The number of carbonyl (C=O) groups is 1. The van der Waals surface area contributed by atoms with E-state index in [0.29, 0.717) is 37.4 Å². The largest absolute Gasteiger partial charge is 0.469 e. The number of para-hydroxylation sites is 1. The highest BCUT2D eigenvalue weighted by Gasteiger charge is 2.33. The van der Waals surface area contributed by atoms with Gasteiger partial charge in [0, 0.05) is 42.0 Å². The van der Waals surface area contributed by atoms with Gasteiger partial charge in [0.2, 0.25) is 10.0 Å². The average molecular weight is 528 g/mol. The maximum atomic E-state index is 13.0. The lowest BCUT2D eigenvalue weighted by Crippen LogP contribution is -2.37. The van der Waals surface area contributed by atoms with E-state index in [4.69, 9.17) is 21.3 Å². The number of methoxy groups -OCH3 is 1. The number of nitrogens with one attached hydrogen (secondary N) is 1. The Balaban J connectivity index is 1.47. The first kappa shape index (κ1) is 26.3. The Kier molecular flexibility index (Phi) is 8.74. The number of esters is 1. The summed E-state index contributed by atoms with van der Waals surface area (Å²) in [6.07, 6.45) is 6.62. The summed E-state index contributed by atoms with van der Waals surface area (Å²) in [6.45, 7) is 1.15. The van der Waals surface area contributed by atoms with Gasteiger partial charge in [0.1, 0.15) is 0 Å². The van der Waals surface area contributed by atoms with E-state index in [-0.39, 0.29) is 22.9 Å². The predicted octanol–water partition coefficient (Wildman–Crippen LogP) is 4.71. The van der Waals surface area contributed by atoms with Crippen molar-refractivity contribution < 1.29 is 17.9 Å². The molecule has 0 spiro atoms. The van der Waals surface area contributed by atoms with Crippen LogP contribution in [0.2, 0.25) is 5.02 Å². The third kappa shape index (κ3) is 6.91. The Bertz CT molecular complexity index is 1330. The molecule has 0 saturated carbocycles. The second-order valence-electron chi connectivity index (χ2n) is 8.90. The van der Waals surface area contributed by atoms with E-state index < -0.39 is 10.0 Å². The van der Waals surface area contributed by atoms with Crippen LogP contribution in [-0.2, 0) is 26.1 Å². The number of likely N-dealkylation sites (tertiary alicyclic amines) is 1. The Morgan fingerprint density at radius 3 is 2.72 bits per heavy atom. The van der Waals surface area contributed by atoms with Crippen LogP contribution in [0.4, 0.5) is 0 Å². The minimum absolute atomic E-state index is 0.0364. The summed E-state index contributed by atoms with van der Waals surface area (Å²) in [5, 5.41) is 1.57. The first-order valence-electron chi connectivity index (χ1n) is 11.9. The highest BCUT2D eigenvalue weighted by atomic mass is 35.5. The summed E-state index contributed by atoms with van der Waals surface area (Å²) in [6, 6.07) is 18.0. The quantitative estimate of drug-likeness (QED) is 0.233. The van der Waals surface area contributed by atoms with E-state index in [0.717, 1.165) is 23.0 Å². The number of halogens is 1. The van der Waals surface area contributed by atoms with Crippen LogP contribution in [0.3, 0.4) is 0 Å². The lowest BCUT2D eigenvalue weighted by molar-refractivity contribution is -0.140. The zero-order valence-corrected chi connectivity index (χ0v) is 21.7. The van der Waals surface area contributed by atoms with Crippen molar-refractivity contribution in [3.05, 3.63) is 83.5 Å². The van der Waals surface area contributed by atoms with Crippen molar-refractivity contribution in [1.29, 1.82) is 0 Å². The summed E-state index contributed by atoms with van der Waals surface area (Å²) < 4.78 is 33.5. The van der Waals surface area contributed by atoms with Crippen LogP contribution >= 0.6 is 11.6 Å². The number of hydrogen-bond donors (Lipinski definition) is 1. The standard InChI is InChI=1S/C27H30ClN3O4S/c1-35-27(32)10-4-2-3-8-24-17-23(30-36(33,34)25-15-12-21(28)13-16-25)19-31(24)18-22-14-11-20-7-5-6-9-26(20)29-22/h3,5-9,11-16,23-24,30H,2,4,10,17-19H2,1H3/t23-,24-/m1/s1. The minimum Gasteiger partial charge on any atom is -0.469 e. The van der Waals surface area contributed by atoms with Crippen molar-refractivity contribution in [2.45, 2.75) is 49.2 Å². The zero-order valence-electron chi connectivity index (χ0n) is 20.1. The van der Waals surface area contributed by atoms with Crippen LogP contribution < -0.4 is 4.72 Å². The van der Waals surface area contributed by atoms with Crippen molar-refractivity contribution in [2.75, 3.05) is 13.7 Å². The number of ether oxygens (including phenoxy) is 1. The summed E-state index contributed by atoms with van der Waals surface area (Å²) >= 11 is 5.92. The van der Waals surface area contributed by atoms with Crippen molar-refractivity contribution in [3.8, 4) is 0 Å². The van der Waals surface area contributed by atoms with E-state index in [1.165, 1.54) is 19.2 Å². The molecule has 9 heteroatoms. The Morgan fingerprint density at radius 1 is 1.17 bits per heavy atom. The molecule has 36 heavy (non-hydrogen) atoms. The molecule has 1 fully saturated rings. The van der Waals surface area contributed by atoms with Gasteiger partial charge in [-0.3, -0.25) is 14.7 Å². The first-order chi connectivity index (χ1) is 17.3. The molecule has 2 heterocycles. The second kappa shape index (κ2) is 12.0. The van der Waals surface area contributed by atoms with Crippen LogP contribution in [0.15, 0.2) is 77.7 Å². The summed E-state index contributed by atoms with van der Waals surface area (Å²) in [7, 11) is -2.29. The SMILES string of the molecule is COC(=O)CCCC=C[C@@H]1C[C@@H](NS(=O)(=O)c2ccc(Cl)cc2)CN1Cc1ccc2ccccc2n1. The monoisotopic (exact) mass is 527 g/mol. The van der Waals surface area contributed by atoms with Crippen LogP contribution in [0.25, 0.3) is 10.9 Å². The van der Waals surface area contributed by atoms with Crippen molar-refractivity contribution in [1.82, 2.24) is 14.6 Å². The molecule has 0 aliphatic carbocycles. The molecule has 190 valence electrons. The second-order valence-corrected chi connectivity index (χ2v) is 11.0. The summed E-state index contributed by atoms with van der Waals surface area (Å²) in [5.74, 6) is -0.218. The first-order valence-corrected chi connectivity index (χ1v) is 13.8. The fourth-order valence-corrected chi connectivity index (χ4v) is 5.79. The molecule has 1 N–H and O–H groups in total. The van der Waals surface area contributed by atoms with Crippen LogP contribution in [0.5, 0.6) is 0 Å². The molecule has 3 aromatic rings. The highest BCUT2D eigenvalue weighted by molar-refractivity contribution is 7.89. The van der Waals surface area contributed by atoms with Gasteiger partial charge in [0.05, 0.1) is 23.2 Å². The lowest BCUT2D eigenvalue weighted by Gasteiger charge is -2.21. The number of nitrogens with zero attached hydrogens (tertiary/aromatic N) is 2. The van der Waals surface area contributed by atoms with Gasteiger partial charge in [-0.2, -0.15) is 0 Å². The summed E-state index contributed by atoms with van der Waals surface area (Å²) in [4.78, 5) is 18.6. The van der Waals surface area contributed by atoms with Crippen LogP contribution in [0, 0.1) is 0 Å². The maximum Gasteiger partial charge on any atom is 0.305 e. The number of hydrogen-bond acceptors (Lipinski definition) is 6. The van der Waals surface area contributed by atoms with E-state index in [9.17, 15) is 13.2 Å². The van der Waals surface area contributed by atoms with Gasteiger partial charge in [-0.15, -0.1) is 0 Å². The van der Waals surface area contributed by atoms with Gasteiger partial charge in [0.25, 0.3) is 0 Å². The number of unbranched alkanes of at least 4 members (excludes halogenated alkanes) is 1. The molecule has 0 radical (unpaired) electrons. The van der Waals surface area contributed by atoms with Crippen LogP contribution in [0.1, 0.15) is 31.4 Å². The number of rotatable bonds is 10. The maximum absolute atomic E-state index is 13.0. The molecule has 0 amide bonds. The third-order valence-electron chi connectivity index (χ3n) is 6.25. The van der Waals surface area contributed by atoms with Crippen molar-refractivity contribution in [3.63, 3.8) is 0 Å². The topological polar surface area (TPSA) is 88.6 Å².